The fraction of sp³-hybridized carbons (Fsp3) is 0.882. The van der Waals surface area contributed by atoms with Crippen molar-refractivity contribution in [2.75, 3.05) is 19.8 Å². The van der Waals surface area contributed by atoms with Gasteiger partial charge in [0.2, 0.25) is 0 Å². The lowest BCUT2D eigenvalue weighted by Crippen LogP contribution is -2.47. The summed E-state index contributed by atoms with van der Waals surface area (Å²) in [6, 6.07) is 0. The zero-order valence-electron chi connectivity index (χ0n) is 12.9. The molecule has 0 amide bonds. The molecule has 3 heteroatoms. The first-order chi connectivity index (χ1) is 9.54. The van der Waals surface area contributed by atoms with Crippen LogP contribution in [0.5, 0.6) is 0 Å². The maximum absolute atomic E-state index is 9.89. The monoisotopic (exact) mass is 280 g/mol. The summed E-state index contributed by atoms with van der Waals surface area (Å²) >= 11 is 0. The fourth-order valence-corrected chi connectivity index (χ4v) is 5.09. The Kier molecular flexibility index (Phi) is 3.72. The van der Waals surface area contributed by atoms with Gasteiger partial charge in [-0.2, -0.15) is 0 Å². The van der Waals surface area contributed by atoms with E-state index in [0.29, 0.717) is 37.6 Å². The van der Waals surface area contributed by atoms with E-state index < -0.39 is 0 Å². The summed E-state index contributed by atoms with van der Waals surface area (Å²) < 4.78 is 12.0. The van der Waals surface area contributed by atoms with Crippen LogP contribution in [0.15, 0.2) is 12.2 Å². The van der Waals surface area contributed by atoms with Gasteiger partial charge in [-0.25, -0.2) is 0 Å². The second-order valence-electron chi connectivity index (χ2n) is 7.17. The van der Waals surface area contributed by atoms with E-state index in [4.69, 9.17) is 9.47 Å². The first-order valence-electron chi connectivity index (χ1n) is 8.08. The number of hydrogen-bond acceptors (Lipinski definition) is 3. The Labute approximate surface area is 122 Å². The molecule has 1 saturated heterocycles. The minimum absolute atomic E-state index is 0.168. The summed E-state index contributed by atoms with van der Waals surface area (Å²) in [4.78, 5) is 0. The highest BCUT2D eigenvalue weighted by molar-refractivity contribution is 5.10. The van der Waals surface area contributed by atoms with Crippen molar-refractivity contribution in [1.29, 1.82) is 0 Å². The molecule has 0 aromatic rings. The minimum Gasteiger partial charge on any atom is -0.396 e. The molecule has 114 valence electrons. The molecule has 0 bridgehead atoms. The van der Waals surface area contributed by atoms with Crippen molar-refractivity contribution in [2.45, 2.75) is 51.7 Å². The van der Waals surface area contributed by atoms with Crippen LogP contribution in [0.4, 0.5) is 0 Å². The molecule has 2 saturated carbocycles. The average molecular weight is 280 g/mol. The van der Waals surface area contributed by atoms with Crippen LogP contribution < -0.4 is 0 Å². The van der Waals surface area contributed by atoms with E-state index in [1.54, 1.807) is 0 Å². The Morgan fingerprint density at radius 2 is 1.95 bits per heavy atom. The first kappa shape index (κ1) is 14.6. The van der Waals surface area contributed by atoms with Crippen LogP contribution in [-0.4, -0.2) is 30.7 Å². The molecule has 1 heterocycles. The molecule has 4 atom stereocenters. The van der Waals surface area contributed by atoms with Gasteiger partial charge in [0.15, 0.2) is 5.79 Å². The molecular weight excluding hydrogens is 252 g/mol. The van der Waals surface area contributed by atoms with Crippen molar-refractivity contribution in [1.82, 2.24) is 0 Å². The Bertz CT molecular complexity index is 386. The van der Waals surface area contributed by atoms with Crippen molar-refractivity contribution < 1.29 is 14.6 Å². The third-order valence-electron chi connectivity index (χ3n) is 6.46. The van der Waals surface area contributed by atoms with Crippen LogP contribution in [0.3, 0.4) is 0 Å². The maximum atomic E-state index is 9.89. The maximum Gasteiger partial charge on any atom is 0.171 e. The van der Waals surface area contributed by atoms with Crippen molar-refractivity contribution >= 4 is 0 Å². The van der Waals surface area contributed by atoms with Gasteiger partial charge in [-0.15, -0.1) is 0 Å². The molecular formula is C17H28O3. The first-order valence-corrected chi connectivity index (χ1v) is 8.08. The van der Waals surface area contributed by atoms with Gasteiger partial charge in [0.05, 0.1) is 13.2 Å². The fourth-order valence-electron chi connectivity index (χ4n) is 5.09. The third kappa shape index (κ3) is 1.98. The minimum atomic E-state index is -0.371. The number of rotatable bonds is 2. The smallest absolute Gasteiger partial charge is 0.171 e. The predicted octanol–water partition coefficient (Wildman–Crippen LogP) is 3.13. The van der Waals surface area contributed by atoms with E-state index >= 15 is 0 Å². The Morgan fingerprint density at radius 1 is 1.25 bits per heavy atom. The molecule has 0 unspecified atom stereocenters. The normalized spacial score (nSPS) is 43.5. The van der Waals surface area contributed by atoms with Gasteiger partial charge in [-0.05, 0) is 49.9 Å². The highest BCUT2D eigenvalue weighted by Gasteiger charge is 2.61. The lowest BCUT2D eigenvalue weighted by molar-refractivity contribution is -0.198. The average Bonchev–Trinajstić information content (AvgIpc) is 3.02. The zero-order chi connectivity index (χ0) is 14.4. The summed E-state index contributed by atoms with van der Waals surface area (Å²) in [6.45, 7) is 10.3. The molecule has 3 rings (SSSR count). The van der Waals surface area contributed by atoms with Crippen molar-refractivity contribution in [3.63, 3.8) is 0 Å². The van der Waals surface area contributed by atoms with Gasteiger partial charge >= 0.3 is 0 Å². The second-order valence-corrected chi connectivity index (χ2v) is 7.17. The van der Waals surface area contributed by atoms with E-state index in [2.05, 4.69) is 20.4 Å². The quantitative estimate of drug-likeness (QED) is 0.790. The summed E-state index contributed by atoms with van der Waals surface area (Å²) in [6.07, 6.45) is 5.51. The van der Waals surface area contributed by atoms with E-state index in [-0.39, 0.29) is 11.2 Å². The van der Waals surface area contributed by atoms with E-state index in [0.717, 1.165) is 25.7 Å². The number of ether oxygens (including phenoxy) is 2. The third-order valence-corrected chi connectivity index (χ3v) is 6.46. The van der Waals surface area contributed by atoms with E-state index in [1.807, 2.05) is 0 Å². The number of aliphatic hydroxyl groups excluding tert-OH is 1. The highest BCUT2D eigenvalue weighted by atomic mass is 16.7. The second kappa shape index (κ2) is 5.11. The lowest BCUT2D eigenvalue weighted by atomic mass is 9.57. The van der Waals surface area contributed by atoms with Crippen molar-refractivity contribution in [3.05, 3.63) is 12.2 Å². The summed E-state index contributed by atoms with van der Waals surface area (Å²) in [7, 11) is 0. The summed E-state index contributed by atoms with van der Waals surface area (Å²) in [5.41, 5.74) is 1.46. The molecule has 20 heavy (non-hydrogen) atoms. The molecule has 1 N–H and O–H groups in total. The van der Waals surface area contributed by atoms with E-state index in [9.17, 15) is 5.11 Å². The van der Waals surface area contributed by atoms with Gasteiger partial charge < -0.3 is 14.6 Å². The van der Waals surface area contributed by atoms with Crippen molar-refractivity contribution in [2.24, 2.45) is 23.2 Å². The zero-order valence-corrected chi connectivity index (χ0v) is 12.9. The van der Waals surface area contributed by atoms with Crippen LogP contribution in [0.1, 0.15) is 46.0 Å². The summed E-state index contributed by atoms with van der Waals surface area (Å²) in [5, 5.41) is 9.89. The van der Waals surface area contributed by atoms with Crippen molar-refractivity contribution in [3.8, 4) is 0 Å². The van der Waals surface area contributed by atoms with Crippen LogP contribution >= 0.6 is 0 Å². The van der Waals surface area contributed by atoms with Crippen LogP contribution in [0.25, 0.3) is 0 Å². The van der Waals surface area contributed by atoms with Gasteiger partial charge in [-0.1, -0.05) is 19.1 Å². The van der Waals surface area contributed by atoms with E-state index in [1.165, 1.54) is 12.0 Å². The molecule has 1 aliphatic heterocycles. The van der Waals surface area contributed by atoms with Crippen LogP contribution in [0, 0.1) is 23.2 Å². The Morgan fingerprint density at radius 3 is 2.55 bits per heavy atom. The molecule has 2 aliphatic carbocycles. The molecule has 0 radical (unpaired) electrons. The number of aliphatic hydroxyl groups is 1. The Balaban J connectivity index is 1.89. The van der Waals surface area contributed by atoms with Crippen LogP contribution in [-0.2, 0) is 9.47 Å². The molecule has 2 spiro atoms. The number of allylic oxidation sites excluding steroid dienone is 1. The molecule has 3 fully saturated rings. The van der Waals surface area contributed by atoms with Crippen LogP contribution in [0.2, 0.25) is 0 Å². The predicted molar refractivity (Wildman–Crippen MR) is 78.2 cm³/mol. The van der Waals surface area contributed by atoms with Gasteiger partial charge in [0.25, 0.3) is 0 Å². The Hall–Kier alpha value is -0.380. The van der Waals surface area contributed by atoms with Gasteiger partial charge in [0, 0.05) is 18.9 Å². The largest absolute Gasteiger partial charge is 0.396 e. The summed E-state index contributed by atoms with van der Waals surface area (Å²) in [5.74, 6) is 0.971. The molecule has 3 aliphatic rings. The number of hydrogen-bond donors (Lipinski definition) is 1. The van der Waals surface area contributed by atoms with Gasteiger partial charge in [0.1, 0.15) is 0 Å². The topological polar surface area (TPSA) is 38.7 Å². The van der Waals surface area contributed by atoms with Gasteiger partial charge in [-0.3, -0.25) is 0 Å². The molecule has 0 aromatic carbocycles. The highest BCUT2D eigenvalue weighted by Crippen LogP contribution is 2.62. The lowest BCUT2D eigenvalue weighted by Gasteiger charge is -2.49. The SMILES string of the molecule is C=C(C)[C@H]1CC[C@H](CO)[C@]2(CCC3(OCCO3)[C@H]2C)C1. The standard InChI is InChI=1S/C17H28O3/c1-12(2)14-4-5-15(11-18)16(10-14)6-7-17(13(16)3)19-8-9-20-17/h13-15,18H,1,4-11H2,2-3H3/t13-,14-,15+,16+/m0/s1. The molecule has 0 aromatic heterocycles. The molecule has 3 nitrogen and oxygen atoms in total.